The Hall–Kier alpha value is -0.960. The zero-order chi connectivity index (χ0) is 6.74. The van der Waals surface area contributed by atoms with Crippen molar-refractivity contribution in [2.24, 2.45) is 10.9 Å². The second-order valence-corrected chi connectivity index (χ2v) is 2.07. The number of hydrogen-bond donors (Lipinski definition) is 1. The first-order valence-electron chi connectivity index (χ1n) is 2.75. The van der Waals surface area contributed by atoms with Crippen LogP contribution in [0.3, 0.4) is 0 Å². The van der Waals surface area contributed by atoms with Gasteiger partial charge in [-0.3, -0.25) is 0 Å². The molecule has 0 aliphatic heterocycles. The van der Waals surface area contributed by atoms with E-state index in [1.807, 2.05) is 12.2 Å². The Bertz CT molecular complexity index is 174. The fourth-order valence-corrected chi connectivity index (χ4v) is 0.693. The maximum atomic E-state index is 10.0. The van der Waals surface area contributed by atoms with Crippen LogP contribution in [0.15, 0.2) is 29.5 Å². The highest BCUT2D eigenvalue weighted by molar-refractivity contribution is 5.18. The van der Waals surface area contributed by atoms with Crippen molar-refractivity contribution in [1.29, 1.82) is 0 Å². The highest BCUT2D eigenvalue weighted by Gasteiger charge is 2.21. The summed E-state index contributed by atoms with van der Waals surface area (Å²) in [6.45, 7) is 0. The lowest BCUT2D eigenvalue weighted by Crippen LogP contribution is -2.34. The van der Waals surface area contributed by atoms with Gasteiger partial charge in [-0.15, -0.1) is 4.91 Å². The molecule has 1 rings (SSSR count). The second kappa shape index (κ2) is 2.11. The molecule has 0 heterocycles. The van der Waals surface area contributed by atoms with E-state index in [2.05, 4.69) is 5.18 Å². The average Bonchev–Trinajstić information content (AvgIpc) is 1.90. The Morgan fingerprint density at radius 1 is 1.56 bits per heavy atom. The number of nitrogens with two attached hydrogens (primary N) is 1. The lowest BCUT2D eigenvalue weighted by Gasteiger charge is -2.15. The molecule has 0 fully saturated rings. The Kier molecular flexibility index (Phi) is 1.44. The molecule has 0 saturated carbocycles. The monoisotopic (exact) mass is 124 g/mol. The smallest absolute Gasteiger partial charge is 0.172 e. The van der Waals surface area contributed by atoms with Crippen LogP contribution in [0.2, 0.25) is 0 Å². The molecule has 9 heavy (non-hydrogen) atoms. The average molecular weight is 124 g/mol. The topological polar surface area (TPSA) is 55.4 Å². The van der Waals surface area contributed by atoms with Crippen LogP contribution < -0.4 is 5.73 Å². The summed E-state index contributed by atoms with van der Waals surface area (Å²) < 4.78 is 0. The Labute approximate surface area is 53.2 Å². The largest absolute Gasteiger partial charge is 0.301 e. The fraction of sp³-hybridized carbons (Fsp3) is 0.333. The van der Waals surface area contributed by atoms with Crippen molar-refractivity contribution in [3.8, 4) is 0 Å². The van der Waals surface area contributed by atoms with E-state index in [-0.39, 0.29) is 0 Å². The van der Waals surface area contributed by atoms with E-state index in [0.717, 1.165) is 0 Å². The molecule has 0 aromatic carbocycles. The summed E-state index contributed by atoms with van der Waals surface area (Å²) in [6, 6.07) is 0. The maximum absolute atomic E-state index is 10.0. The van der Waals surface area contributed by atoms with Crippen molar-refractivity contribution in [1.82, 2.24) is 0 Å². The van der Waals surface area contributed by atoms with Gasteiger partial charge in [-0.25, -0.2) is 0 Å². The molecule has 1 atom stereocenters. The predicted octanol–water partition coefficient (Wildman–Crippen LogP) is 0.924. The van der Waals surface area contributed by atoms with Crippen LogP contribution >= 0.6 is 0 Å². The molecule has 0 aromatic heterocycles. The third-order valence-electron chi connectivity index (χ3n) is 1.25. The molecule has 0 spiro atoms. The molecule has 1 aliphatic carbocycles. The van der Waals surface area contributed by atoms with Crippen molar-refractivity contribution >= 4 is 0 Å². The molecule has 0 bridgehead atoms. The third kappa shape index (κ3) is 1.23. The summed E-state index contributed by atoms with van der Waals surface area (Å²) in [7, 11) is 0. The fourth-order valence-electron chi connectivity index (χ4n) is 0.693. The molecule has 0 saturated heterocycles. The van der Waals surface area contributed by atoms with Gasteiger partial charge in [0.25, 0.3) is 0 Å². The summed E-state index contributed by atoms with van der Waals surface area (Å²) >= 11 is 0. The number of rotatable bonds is 1. The van der Waals surface area contributed by atoms with Gasteiger partial charge in [-0.2, -0.15) is 0 Å². The van der Waals surface area contributed by atoms with Gasteiger partial charge in [0, 0.05) is 6.42 Å². The van der Waals surface area contributed by atoms with Crippen LogP contribution in [0.4, 0.5) is 0 Å². The first-order chi connectivity index (χ1) is 4.27. The van der Waals surface area contributed by atoms with Gasteiger partial charge in [0.05, 0.1) is 0 Å². The quantitative estimate of drug-likeness (QED) is 0.528. The highest BCUT2D eigenvalue weighted by atomic mass is 16.3. The molecule has 0 aromatic rings. The minimum Gasteiger partial charge on any atom is -0.301 e. The molecule has 1 aliphatic rings. The normalized spacial score (nSPS) is 32.6. The first-order valence-corrected chi connectivity index (χ1v) is 2.75. The minimum absolute atomic E-state index is 0.507. The molecular weight excluding hydrogens is 116 g/mol. The summed E-state index contributed by atoms with van der Waals surface area (Å²) in [5, 5.41) is 2.77. The maximum Gasteiger partial charge on any atom is 0.172 e. The number of hydrogen-bond acceptors (Lipinski definition) is 3. The van der Waals surface area contributed by atoms with Crippen molar-refractivity contribution < 1.29 is 0 Å². The van der Waals surface area contributed by atoms with Crippen molar-refractivity contribution in [2.75, 3.05) is 0 Å². The number of allylic oxidation sites excluding steroid dienone is 2. The minimum atomic E-state index is -0.977. The third-order valence-corrected chi connectivity index (χ3v) is 1.25. The van der Waals surface area contributed by atoms with E-state index in [1.165, 1.54) is 0 Å². The van der Waals surface area contributed by atoms with Crippen LogP contribution in [-0.2, 0) is 0 Å². The highest BCUT2D eigenvalue weighted by Crippen LogP contribution is 2.14. The molecule has 3 nitrogen and oxygen atoms in total. The van der Waals surface area contributed by atoms with E-state index in [0.29, 0.717) is 6.42 Å². The molecular formula is C6H8N2O. The molecule has 3 heteroatoms. The van der Waals surface area contributed by atoms with E-state index in [9.17, 15) is 4.91 Å². The van der Waals surface area contributed by atoms with E-state index < -0.39 is 5.66 Å². The van der Waals surface area contributed by atoms with E-state index in [1.54, 1.807) is 12.2 Å². The summed E-state index contributed by atoms with van der Waals surface area (Å²) in [5.74, 6) is 0. The zero-order valence-electron chi connectivity index (χ0n) is 4.95. The van der Waals surface area contributed by atoms with Crippen LogP contribution in [0, 0.1) is 4.91 Å². The Balaban J connectivity index is 2.73. The SMILES string of the molecule is NC1(N=O)C=CC=CC1. The summed E-state index contributed by atoms with van der Waals surface area (Å²) in [6.07, 6.45) is 7.50. The van der Waals surface area contributed by atoms with Crippen LogP contribution in [0.25, 0.3) is 0 Å². The number of nitrogens with zero attached hydrogens (tertiary/aromatic N) is 1. The second-order valence-electron chi connectivity index (χ2n) is 2.07. The van der Waals surface area contributed by atoms with Crippen molar-refractivity contribution in [2.45, 2.75) is 12.1 Å². The molecule has 48 valence electrons. The van der Waals surface area contributed by atoms with Crippen LogP contribution in [0.1, 0.15) is 6.42 Å². The van der Waals surface area contributed by atoms with Crippen molar-refractivity contribution in [3.63, 3.8) is 0 Å². The van der Waals surface area contributed by atoms with Gasteiger partial charge >= 0.3 is 0 Å². The summed E-state index contributed by atoms with van der Waals surface area (Å²) in [5.41, 5.74) is 4.46. The van der Waals surface area contributed by atoms with Gasteiger partial charge < -0.3 is 5.73 Å². The molecule has 0 radical (unpaired) electrons. The van der Waals surface area contributed by atoms with Gasteiger partial charge in [-0.1, -0.05) is 18.2 Å². The predicted molar refractivity (Wildman–Crippen MR) is 35.6 cm³/mol. The van der Waals surface area contributed by atoms with E-state index >= 15 is 0 Å². The van der Waals surface area contributed by atoms with Gasteiger partial charge in [-0.05, 0) is 11.3 Å². The lowest BCUT2D eigenvalue weighted by atomic mass is 10.0. The van der Waals surface area contributed by atoms with Crippen molar-refractivity contribution in [3.05, 3.63) is 29.2 Å². The van der Waals surface area contributed by atoms with E-state index in [4.69, 9.17) is 5.73 Å². The number of nitroso groups, excluding NO2 is 1. The Morgan fingerprint density at radius 2 is 2.33 bits per heavy atom. The van der Waals surface area contributed by atoms with Gasteiger partial charge in [0.15, 0.2) is 5.66 Å². The molecule has 2 N–H and O–H groups in total. The standard InChI is InChI=1S/C6H8N2O/c7-6(8-9)4-2-1-3-5-6/h1-4H,5,7H2. The van der Waals surface area contributed by atoms with Crippen LogP contribution in [-0.4, -0.2) is 5.66 Å². The molecule has 0 amide bonds. The lowest BCUT2D eigenvalue weighted by molar-refractivity contribution is 0.555. The van der Waals surface area contributed by atoms with Crippen LogP contribution in [0.5, 0.6) is 0 Å². The van der Waals surface area contributed by atoms with Gasteiger partial charge in [0.1, 0.15) is 0 Å². The zero-order valence-corrected chi connectivity index (χ0v) is 4.95. The van der Waals surface area contributed by atoms with Gasteiger partial charge in [0.2, 0.25) is 0 Å². The molecule has 1 unspecified atom stereocenters. The Morgan fingerprint density at radius 3 is 2.67 bits per heavy atom. The summed E-state index contributed by atoms with van der Waals surface area (Å²) in [4.78, 5) is 10.0. The first kappa shape index (κ1) is 6.16.